The van der Waals surface area contributed by atoms with Crippen LogP contribution in [0.3, 0.4) is 0 Å². The molecule has 1 aliphatic rings. The van der Waals surface area contributed by atoms with E-state index in [9.17, 15) is 9.59 Å². The van der Waals surface area contributed by atoms with Crippen LogP contribution in [-0.4, -0.2) is 37.9 Å². The monoisotopic (exact) mass is 419 g/mol. The minimum absolute atomic E-state index is 0.162. The predicted octanol–water partition coefficient (Wildman–Crippen LogP) is 5.78. The second kappa shape index (κ2) is 9.00. The summed E-state index contributed by atoms with van der Waals surface area (Å²) in [5.41, 5.74) is 0.910. The van der Waals surface area contributed by atoms with E-state index < -0.39 is 20.5 Å². The molecule has 2 amide bonds. The molecule has 1 aromatic rings. The number of carbonyl (C=O) groups is 2. The van der Waals surface area contributed by atoms with E-state index in [4.69, 9.17) is 9.16 Å². The molecular weight excluding hydrogens is 382 g/mol. The van der Waals surface area contributed by atoms with Gasteiger partial charge in [-0.3, -0.25) is 4.79 Å². The molecule has 1 heterocycles. The fourth-order valence-electron chi connectivity index (χ4n) is 3.42. The zero-order chi connectivity index (χ0) is 22.0. The number of imide groups is 1. The van der Waals surface area contributed by atoms with E-state index in [2.05, 4.69) is 40.8 Å². The zero-order valence-electron chi connectivity index (χ0n) is 19.2. The van der Waals surface area contributed by atoms with Crippen LogP contribution in [0.1, 0.15) is 59.6 Å². The molecule has 6 heteroatoms. The first-order valence-corrected chi connectivity index (χ1v) is 13.5. The molecule has 29 heavy (non-hydrogen) atoms. The second-order valence-electron chi connectivity index (χ2n) is 9.98. The molecule has 4 atom stereocenters. The summed E-state index contributed by atoms with van der Waals surface area (Å²) in [5.74, 6) is -0.195. The van der Waals surface area contributed by atoms with Gasteiger partial charge in [0.1, 0.15) is 6.10 Å². The number of carbonyl (C=O) groups excluding carboxylic acids is 2. The number of amides is 2. The molecule has 0 aromatic heterocycles. The van der Waals surface area contributed by atoms with E-state index >= 15 is 0 Å². The molecule has 0 radical (unpaired) electrons. The minimum Gasteiger partial charge on any atom is -0.439 e. The summed E-state index contributed by atoms with van der Waals surface area (Å²) >= 11 is 0. The summed E-state index contributed by atoms with van der Waals surface area (Å²) in [6.45, 7) is 17.6. The Bertz CT molecular complexity index is 713. The molecule has 0 N–H and O–H groups in total. The predicted molar refractivity (Wildman–Crippen MR) is 118 cm³/mol. The lowest BCUT2D eigenvalue weighted by molar-refractivity contribution is -0.133. The van der Waals surface area contributed by atoms with Crippen LogP contribution in [0.15, 0.2) is 30.3 Å². The average Bonchev–Trinajstić information content (AvgIpc) is 2.93. The van der Waals surface area contributed by atoms with Crippen molar-refractivity contribution in [3.63, 3.8) is 0 Å². The lowest BCUT2D eigenvalue weighted by Gasteiger charge is -2.37. The Morgan fingerprint density at radius 3 is 2.34 bits per heavy atom. The van der Waals surface area contributed by atoms with Gasteiger partial charge < -0.3 is 9.16 Å². The number of hydrogen-bond donors (Lipinski definition) is 0. The van der Waals surface area contributed by atoms with Gasteiger partial charge in [-0.15, -0.1) is 0 Å². The third-order valence-corrected chi connectivity index (χ3v) is 10.8. The van der Waals surface area contributed by atoms with E-state index in [1.807, 2.05) is 44.2 Å². The van der Waals surface area contributed by atoms with Crippen molar-refractivity contribution in [2.24, 2.45) is 11.8 Å². The van der Waals surface area contributed by atoms with Crippen LogP contribution in [0.5, 0.6) is 0 Å². The van der Waals surface area contributed by atoms with Crippen molar-refractivity contribution in [3.8, 4) is 0 Å². The van der Waals surface area contributed by atoms with Crippen molar-refractivity contribution in [2.45, 2.75) is 78.2 Å². The van der Waals surface area contributed by atoms with Crippen molar-refractivity contribution in [2.75, 3.05) is 6.61 Å². The topological polar surface area (TPSA) is 55.8 Å². The lowest BCUT2D eigenvalue weighted by Crippen LogP contribution is -2.43. The first kappa shape index (κ1) is 23.6. The normalized spacial score (nSPS) is 22.3. The molecule has 162 valence electrons. The number of nitrogens with zero attached hydrogens (tertiary/aromatic N) is 1. The average molecular weight is 420 g/mol. The Kier molecular flexibility index (Phi) is 7.33. The SMILES string of the molecule is C[C@H](CO[Si](C)(C)C(C)(C)C)C[C@@H](C)C(=O)N1C(=O)O[C@H](c2ccccc2)[C@@H]1C. The fraction of sp³-hybridized carbons (Fsp3) is 0.652. The van der Waals surface area contributed by atoms with Gasteiger partial charge in [-0.05, 0) is 43.0 Å². The number of rotatable bonds is 7. The van der Waals surface area contributed by atoms with Crippen molar-refractivity contribution in [1.82, 2.24) is 4.90 Å². The summed E-state index contributed by atoms with van der Waals surface area (Å²) in [6, 6.07) is 9.26. The minimum atomic E-state index is -1.81. The smallest absolute Gasteiger partial charge is 0.417 e. The largest absolute Gasteiger partial charge is 0.439 e. The molecule has 2 rings (SSSR count). The maximum atomic E-state index is 13.0. The summed E-state index contributed by atoms with van der Waals surface area (Å²) in [4.78, 5) is 26.8. The van der Waals surface area contributed by atoms with E-state index in [0.29, 0.717) is 13.0 Å². The summed E-state index contributed by atoms with van der Waals surface area (Å²) in [7, 11) is -1.81. The number of benzene rings is 1. The molecule has 0 bridgehead atoms. The molecule has 1 aliphatic heterocycles. The van der Waals surface area contributed by atoms with Crippen LogP contribution in [0, 0.1) is 11.8 Å². The van der Waals surface area contributed by atoms with Gasteiger partial charge in [-0.25, -0.2) is 9.69 Å². The molecular formula is C23H37NO4Si. The highest BCUT2D eigenvalue weighted by molar-refractivity contribution is 6.74. The van der Waals surface area contributed by atoms with Gasteiger partial charge in [0, 0.05) is 12.5 Å². The quantitative estimate of drug-likeness (QED) is 0.526. The van der Waals surface area contributed by atoms with Crippen molar-refractivity contribution in [1.29, 1.82) is 0 Å². The van der Waals surface area contributed by atoms with E-state index in [1.54, 1.807) is 0 Å². The van der Waals surface area contributed by atoms with Crippen LogP contribution in [0.2, 0.25) is 18.1 Å². The van der Waals surface area contributed by atoms with Gasteiger partial charge in [0.2, 0.25) is 5.91 Å². The Hall–Kier alpha value is -1.66. The summed E-state index contributed by atoms with van der Waals surface area (Å²) < 4.78 is 11.8. The van der Waals surface area contributed by atoms with Crippen LogP contribution < -0.4 is 0 Å². The third-order valence-electron chi connectivity index (χ3n) is 6.35. The Morgan fingerprint density at radius 1 is 1.21 bits per heavy atom. The van der Waals surface area contributed by atoms with Crippen molar-refractivity contribution >= 4 is 20.3 Å². The van der Waals surface area contributed by atoms with Gasteiger partial charge in [-0.1, -0.05) is 65.0 Å². The van der Waals surface area contributed by atoms with Gasteiger partial charge in [0.05, 0.1) is 6.04 Å². The highest BCUT2D eigenvalue weighted by Gasteiger charge is 2.44. The van der Waals surface area contributed by atoms with E-state index in [1.165, 1.54) is 4.90 Å². The maximum absolute atomic E-state index is 13.0. The Balaban J connectivity index is 1.96. The highest BCUT2D eigenvalue weighted by Crippen LogP contribution is 2.37. The number of hydrogen-bond acceptors (Lipinski definition) is 4. The fourth-order valence-corrected chi connectivity index (χ4v) is 4.56. The standard InChI is InChI=1S/C23H37NO4Si/c1-16(15-27-29(7,8)23(4,5)6)14-17(2)21(25)24-18(3)20(28-22(24)26)19-12-10-9-11-13-19/h9-13,16-18,20H,14-15H2,1-8H3/t16-,17+,18-,20-/m0/s1. The van der Waals surface area contributed by atoms with E-state index in [0.717, 1.165) is 5.56 Å². The first-order valence-electron chi connectivity index (χ1n) is 10.6. The molecule has 0 saturated carbocycles. The van der Waals surface area contributed by atoms with Crippen molar-refractivity contribution < 1.29 is 18.8 Å². The molecule has 5 nitrogen and oxygen atoms in total. The second-order valence-corrected chi connectivity index (χ2v) is 14.8. The summed E-state index contributed by atoms with van der Waals surface area (Å²) in [6.07, 6.45) is -0.285. The molecule has 1 aromatic carbocycles. The van der Waals surface area contributed by atoms with Gasteiger partial charge in [-0.2, -0.15) is 0 Å². The third kappa shape index (κ3) is 5.48. The molecule has 0 spiro atoms. The summed E-state index contributed by atoms with van der Waals surface area (Å²) in [5, 5.41) is 0.162. The highest BCUT2D eigenvalue weighted by atomic mass is 28.4. The molecule has 1 fully saturated rings. The Labute approximate surface area is 176 Å². The maximum Gasteiger partial charge on any atom is 0.417 e. The van der Waals surface area contributed by atoms with Crippen molar-refractivity contribution in [3.05, 3.63) is 35.9 Å². The molecule has 1 saturated heterocycles. The first-order chi connectivity index (χ1) is 13.3. The van der Waals surface area contributed by atoms with Crippen LogP contribution >= 0.6 is 0 Å². The molecule has 0 unspecified atom stereocenters. The van der Waals surface area contributed by atoms with Gasteiger partial charge in [0.25, 0.3) is 0 Å². The van der Waals surface area contributed by atoms with Crippen LogP contribution in [0.4, 0.5) is 4.79 Å². The number of ether oxygens (including phenoxy) is 1. The molecule has 0 aliphatic carbocycles. The van der Waals surface area contributed by atoms with Gasteiger partial charge in [0.15, 0.2) is 8.32 Å². The number of cyclic esters (lactones) is 1. The zero-order valence-corrected chi connectivity index (χ0v) is 20.2. The van der Waals surface area contributed by atoms with Crippen LogP contribution in [0.25, 0.3) is 0 Å². The Morgan fingerprint density at radius 2 is 1.79 bits per heavy atom. The lowest BCUT2D eigenvalue weighted by atomic mass is 9.95. The van der Waals surface area contributed by atoms with Crippen LogP contribution in [-0.2, 0) is 14.0 Å². The van der Waals surface area contributed by atoms with E-state index in [-0.39, 0.29) is 28.8 Å². The van der Waals surface area contributed by atoms with Gasteiger partial charge >= 0.3 is 6.09 Å².